The minimum Gasteiger partial charge on any atom is -0.493 e. The van der Waals surface area contributed by atoms with Crippen LogP contribution in [0.5, 0.6) is 5.75 Å². The predicted octanol–water partition coefficient (Wildman–Crippen LogP) is 4.34. The molecule has 110 valence electrons. The van der Waals surface area contributed by atoms with Gasteiger partial charge in [-0.25, -0.2) is 0 Å². The lowest BCUT2D eigenvalue weighted by molar-refractivity contribution is 0.0964. The van der Waals surface area contributed by atoms with Crippen molar-refractivity contribution in [3.8, 4) is 5.75 Å². The number of carbonyl (C=O) groups is 1. The van der Waals surface area contributed by atoms with Gasteiger partial charge in [-0.3, -0.25) is 4.79 Å². The zero-order valence-corrected chi connectivity index (χ0v) is 12.7. The van der Waals surface area contributed by atoms with Gasteiger partial charge >= 0.3 is 0 Å². The lowest BCUT2D eigenvalue weighted by atomic mass is 9.86. The molecule has 3 heteroatoms. The van der Waals surface area contributed by atoms with E-state index < -0.39 is 0 Å². The van der Waals surface area contributed by atoms with Gasteiger partial charge in [-0.1, -0.05) is 18.2 Å². The minimum absolute atomic E-state index is 0.170. The van der Waals surface area contributed by atoms with Gasteiger partial charge in [-0.2, -0.15) is 0 Å². The van der Waals surface area contributed by atoms with E-state index in [1.807, 2.05) is 39.0 Å². The number of carbonyl (C=O) groups excluding carboxylic acids is 1. The number of ketones is 1. The van der Waals surface area contributed by atoms with Crippen molar-refractivity contribution in [3.63, 3.8) is 0 Å². The molecule has 1 unspecified atom stereocenters. The zero-order chi connectivity index (χ0) is 15.0. The Hall–Kier alpha value is -2.03. The second kappa shape index (κ2) is 5.40. The Morgan fingerprint density at radius 3 is 2.67 bits per heavy atom. The number of para-hydroxylation sites is 1. The first-order valence-electron chi connectivity index (χ1n) is 7.39. The number of hydrogen-bond acceptors (Lipinski definition) is 3. The molecule has 1 aromatic carbocycles. The monoisotopic (exact) mass is 284 g/mol. The third-order valence-electron chi connectivity index (χ3n) is 4.35. The van der Waals surface area contributed by atoms with E-state index >= 15 is 0 Å². The number of furan rings is 1. The number of hydrogen-bond donors (Lipinski definition) is 0. The summed E-state index contributed by atoms with van der Waals surface area (Å²) in [7, 11) is 0. The molecular weight excluding hydrogens is 264 g/mol. The summed E-state index contributed by atoms with van der Waals surface area (Å²) < 4.78 is 11.2. The van der Waals surface area contributed by atoms with Crippen molar-refractivity contribution >= 4 is 5.78 Å². The van der Waals surface area contributed by atoms with Crippen molar-refractivity contribution in [1.29, 1.82) is 0 Å². The molecule has 0 saturated carbocycles. The van der Waals surface area contributed by atoms with Crippen LogP contribution in [0.15, 0.2) is 28.7 Å². The van der Waals surface area contributed by atoms with Gasteiger partial charge in [-0.05, 0) is 44.7 Å². The molecule has 1 aliphatic heterocycles. The Morgan fingerprint density at radius 1 is 1.19 bits per heavy atom. The molecule has 1 aromatic heterocycles. The van der Waals surface area contributed by atoms with Crippen LogP contribution >= 0.6 is 0 Å². The fourth-order valence-electron chi connectivity index (χ4n) is 3.16. The van der Waals surface area contributed by atoms with E-state index in [9.17, 15) is 4.79 Å². The average Bonchev–Trinajstić information content (AvgIpc) is 2.72. The normalized spacial score (nSPS) is 17.2. The molecule has 3 rings (SSSR count). The van der Waals surface area contributed by atoms with Crippen LogP contribution in [-0.2, 0) is 0 Å². The van der Waals surface area contributed by atoms with Crippen LogP contribution in [0.1, 0.15) is 51.8 Å². The predicted molar refractivity (Wildman–Crippen MR) is 81.2 cm³/mol. The SMILES string of the molecule is Cc1oc(C)c(C(=O)CC2CCOc3ccccc32)c1C. The first-order valence-corrected chi connectivity index (χ1v) is 7.39. The van der Waals surface area contributed by atoms with Crippen molar-refractivity contribution < 1.29 is 13.9 Å². The highest BCUT2D eigenvalue weighted by atomic mass is 16.5. The fourth-order valence-corrected chi connectivity index (χ4v) is 3.16. The van der Waals surface area contributed by atoms with Crippen molar-refractivity contribution in [2.75, 3.05) is 6.61 Å². The molecule has 0 radical (unpaired) electrons. The highest BCUT2D eigenvalue weighted by molar-refractivity contribution is 5.99. The average molecular weight is 284 g/mol. The van der Waals surface area contributed by atoms with Gasteiger partial charge in [0.2, 0.25) is 0 Å². The lowest BCUT2D eigenvalue weighted by Gasteiger charge is -2.25. The van der Waals surface area contributed by atoms with Crippen LogP contribution in [0.25, 0.3) is 0 Å². The zero-order valence-electron chi connectivity index (χ0n) is 12.7. The number of Topliss-reactive ketones (excluding diaryl/α,β-unsaturated/α-hetero) is 1. The van der Waals surface area contributed by atoms with Gasteiger partial charge in [0.05, 0.1) is 12.2 Å². The molecule has 0 bridgehead atoms. The van der Waals surface area contributed by atoms with Crippen LogP contribution in [0, 0.1) is 20.8 Å². The summed E-state index contributed by atoms with van der Waals surface area (Å²) in [6, 6.07) is 8.01. The van der Waals surface area contributed by atoms with Crippen molar-refractivity contribution in [3.05, 3.63) is 52.5 Å². The summed E-state index contributed by atoms with van der Waals surface area (Å²) in [5, 5.41) is 0. The second-order valence-electron chi connectivity index (χ2n) is 5.71. The molecule has 0 fully saturated rings. The molecule has 2 aromatic rings. The first-order chi connectivity index (χ1) is 10.1. The molecule has 0 N–H and O–H groups in total. The molecular formula is C18H20O3. The van der Waals surface area contributed by atoms with Crippen LogP contribution < -0.4 is 4.74 Å². The van der Waals surface area contributed by atoms with E-state index in [2.05, 4.69) is 6.07 Å². The molecule has 0 aliphatic carbocycles. The third-order valence-corrected chi connectivity index (χ3v) is 4.35. The second-order valence-corrected chi connectivity index (χ2v) is 5.71. The highest BCUT2D eigenvalue weighted by Gasteiger charge is 2.26. The van der Waals surface area contributed by atoms with E-state index in [0.29, 0.717) is 13.0 Å². The smallest absolute Gasteiger partial charge is 0.167 e. The quantitative estimate of drug-likeness (QED) is 0.787. The molecule has 0 saturated heterocycles. The van der Waals surface area contributed by atoms with Gasteiger partial charge in [0.15, 0.2) is 5.78 Å². The maximum atomic E-state index is 12.7. The number of ether oxygens (including phenoxy) is 1. The van der Waals surface area contributed by atoms with Crippen molar-refractivity contribution in [2.45, 2.75) is 39.5 Å². The van der Waals surface area contributed by atoms with Gasteiger partial charge in [0, 0.05) is 12.0 Å². The number of aryl methyl sites for hydroxylation is 2. The summed E-state index contributed by atoms with van der Waals surface area (Å²) in [6.45, 7) is 6.41. The Labute approximate surface area is 124 Å². The summed E-state index contributed by atoms with van der Waals surface area (Å²) >= 11 is 0. The Morgan fingerprint density at radius 2 is 1.95 bits per heavy atom. The van der Waals surface area contributed by atoms with Crippen LogP contribution in [0.3, 0.4) is 0 Å². The molecule has 0 amide bonds. The summed E-state index contributed by atoms with van der Waals surface area (Å²) in [6.07, 6.45) is 1.40. The topological polar surface area (TPSA) is 39.4 Å². The molecule has 0 spiro atoms. The minimum atomic E-state index is 0.170. The summed E-state index contributed by atoms with van der Waals surface area (Å²) in [5.74, 6) is 2.89. The highest BCUT2D eigenvalue weighted by Crippen LogP contribution is 2.37. The Balaban J connectivity index is 1.86. The van der Waals surface area contributed by atoms with Gasteiger partial charge in [0.1, 0.15) is 17.3 Å². The largest absolute Gasteiger partial charge is 0.493 e. The van der Waals surface area contributed by atoms with Gasteiger partial charge in [0.25, 0.3) is 0 Å². The van der Waals surface area contributed by atoms with Crippen molar-refractivity contribution in [2.24, 2.45) is 0 Å². The van der Waals surface area contributed by atoms with E-state index in [1.165, 1.54) is 0 Å². The first kappa shape index (κ1) is 13.9. The fraction of sp³-hybridized carbons (Fsp3) is 0.389. The van der Waals surface area contributed by atoms with E-state index in [4.69, 9.17) is 9.15 Å². The standard InChI is InChI=1S/C18H20O3/c1-11-12(2)21-13(3)18(11)16(19)10-14-8-9-20-17-7-5-4-6-15(14)17/h4-7,14H,8-10H2,1-3H3. The number of benzene rings is 1. The van der Waals surface area contributed by atoms with Crippen LogP contribution in [0.2, 0.25) is 0 Å². The third kappa shape index (κ3) is 2.48. The van der Waals surface area contributed by atoms with Gasteiger partial charge < -0.3 is 9.15 Å². The van der Waals surface area contributed by atoms with Crippen LogP contribution in [0.4, 0.5) is 0 Å². The van der Waals surface area contributed by atoms with E-state index in [-0.39, 0.29) is 11.7 Å². The summed E-state index contributed by atoms with van der Waals surface area (Å²) in [4.78, 5) is 12.7. The summed E-state index contributed by atoms with van der Waals surface area (Å²) in [5.41, 5.74) is 2.88. The molecule has 3 nitrogen and oxygen atoms in total. The van der Waals surface area contributed by atoms with Crippen LogP contribution in [-0.4, -0.2) is 12.4 Å². The van der Waals surface area contributed by atoms with E-state index in [0.717, 1.165) is 40.4 Å². The lowest BCUT2D eigenvalue weighted by Crippen LogP contribution is -2.17. The Bertz CT molecular complexity index is 682. The number of rotatable bonds is 3. The van der Waals surface area contributed by atoms with Crippen molar-refractivity contribution in [1.82, 2.24) is 0 Å². The van der Waals surface area contributed by atoms with Gasteiger partial charge in [-0.15, -0.1) is 0 Å². The Kier molecular flexibility index (Phi) is 3.58. The molecule has 21 heavy (non-hydrogen) atoms. The molecule has 1 atom stereocenters. The maximum Gasteiger partial charge on any atom is 0.167 e. The maximum absolute atomic E-state index is 12.7. The number of fused-ring (bicyclic) bond motifs is 1. The molecule has 1 aliphatic rings. The molecule has 2 heterocycles. The van der Waals surface area contributed by atoms with E-state index in [1.54, 1.807) is 0 Å².